The van der Waals surface area contributed by atoms with E-state index in [0.29, 0.717) is 6.04 Å². The summed E-state index contributed by atoms with van der Waals surface area (Å²) in [5.74, 6) is 0. The number of anilines is 1. The molecular weight excluding hydrogens is 256 g/mol. The molecule has 2 heteroatoms. The van der Waals surface area contributed by atoms with E-state index in [0.717, 1.165) is 18.5 Å². The minimum Gasteiger partial charge on any atom is -0.378 e. The summed E-state index contributed by atoms with van der Waals surface area (Å²) in [7, 11) is 0. The molecule has 0 spiro atoms. The van der Waals surface area contributed by atoms with Gasteiger partial charge in [-0.3, -0.25) is 4.98 Å². The molecule has 2 aromatic carbocycles. The first-order valence-corrected chi connectivity index (χ1v) is 7.52. The summed E-state index contributed by atoms with van der Waals surface area (Å²) in [5.41, 5.74) is 2.49. The fraction of sp³-hybridized carbons (Fsp3) is 0.211. The molecule has 0 saturated heterocycles. The smallest absolute Gasteiger partial charge is 0.0513 e. The first-order chi connectivity index (χ1) is 10.4. The number of fused-ring (bicyclic) bond motifs is 1. The quantitative estimate of drug-likeness (QED) is 0.693. The molecule has 21 heavy (non-hydrogen) atoms. The van der Waals surface area contributed by atoms with E-state index in [2.05, 4.69) is 71.8 Å². The maximum Gasteiger partial charge on any atom is 0.0513 e. The normalized spacial score (nSPS) is 12.2. The topological polar surface area (TPSA) is 24.9 Å². The average Bonchev–Trinajstić information content (AvgIpc) is 2.55. The minimum atomic E-state index is 0.335. The van der Waals surface area contributed by atoms with Crippen LogP contribution in [-0.4, -0.2) is 4.98 Å². The van der Waals surface area contributed by atoms with E-state index in [1.54, 1.807) is 0 Å². The van der Waals surface area contributed by atoms with Gasteiger partial charge in [0.25, 0.3) is 0 Å². The summed E-state index contributed by atoms with van der Waals surface area (Å²) < 4.78 is 0. The molecule has 1 unspecified atom stereocenters. The molecule has 1 heterocycles. The second-order valence-corrected chi connectivity index (χ2v) is 5.30. The van der Waals surface area contributed by atoms with Crippen LogP contribution in [-0.2, 0) is 0 Å². The van der Waals surface area contributed by atoms with E-state index in [-0.39, 0.29) is 0 Å². The molecule has 0 aliphatic rings. The van der Waals surface area contributed by atoms with Gasteiger partial charge >= 0.3 is 0 Å². The van der Waals surface area contributed by atoms with E-state index in [1.165, 1.54) is 16.3 Å². The lowest BCUT2D eigenvalue weighted by Gasteiger charge is -2.21. The molecule has 106 valence electrons. The highest BCUT2D eigenvalue weighted by Gasteiger charge is 2.11. The van der Waals surface area contributed by atoms with Crippen LogP contribution in [0.4, 0.5) is 5.69 Å². The Balaban J connectivity index is 1.95. The standard InChI is InChI=1S/C19H20N2/c1-2-7-18(16-8-4-3-5-9-16)21-19-11-6-10-15-12-13-20-14-17(15)19/h3-6,8-14,18,21H,2,7H2,1H3. The SMILES string of the molecule is CCCC(Nc1cccc2ccncc12)c1ccccc1. The molecule has 1 atom stereocenters. The predicted molar refractivity (Wildman–Crippen MR) is 89.5 cm³/mol. The molecular formula is C19H20N2. The van der Waals surface area contributed by atoms with Crippen molar-refractivity contribution < 1.29 is 0 Å². The molecule has 0 saturated carbocycles. The van der Waals surface area contributed by atoms with Crippen molar-refractivity contribution in [2.45, 2.75) is 25.8 Å². The van der Waals surface area contributed by atoms with Crippen LogP contribution in [0.25, 0.3) is 10.8 Å². The lowest BCUT2D eigenvalue weighted by Crippen LogP contribution is -2.10. The highest BCUT2D eigenvalue weighted by Crippen LogP contribution is 2.28. The molecule has 1 N–H and O–H groups in total. The van der Waals surface area contributed by atoms with E-state index in [9.17, 15) is 0 Å². The molecule has 0 radical (unpaired) electrons. The Morgan fingerprint density at radius 2 is 1.86 bits per heavy atom. The summed E-state index contributed by atoms with van der Waals surface area (Å²) in [6.07, 6.45) is 6.04. The van der Waals surface area contributed by atoms with Crippen molar-refractivity contribution in [1.29, 1.82) is 0 Å². The second-order valence-electron chi connectivity index (χ2n) is 5.30. The maximum absolute atomic E-state index is 4.26. The van der Waals surface area contributed by atoms with E-state index in [1.807, 2.05) is 12.4 Å². The van der Waals surface area contributed by atoms with Gasteiger partial charge in [-0.25, -0.2) is 0 Å². The Morgan fingerprint density at radius 3 is 2.67 bits per heavy atom. The van der Waals surface area contributed by atoms with Crippen LogP contribution < -0.4 is 5.32 Å². The molecule has 3 aromatic rings. The molecule has 0 amide bonds. The van der Waals surface area contributed by atoms with Crippen molar-refractivity contribution in [3.05, 3.63) is 72.6 Å². The van der Waals surface area contributed by atoms with Gasteiger partial charge in [-0.15, -0.1) is 0 Å². The third-order valence-corrected chi connectivity index (χ3v) is 3.79. The molecule has 0 aliphatic carbocycles. The van der Waals surface area contributed by atoms with Crippen LogP contribution in [0.3, 0.4) is 0 Å². The van der Waals surface area contributed by atoms with Gasteiger partial charge in [0.05, 0.1) is 6.04 Å². The van der Waals surface area contributed by atoms with Gasteiger partial charge < -0.3 is 5.32 Å². The van der Waals surface area contributed by atoms with Gasteiger partial charge in [0, 0.05) is 23.5 Å². The van der Waals surface area contributed by atoms with Crippen LogP contribution >= 0.6 is 0 Å². The molecule has 3 rings (SSSR count). The van der Waals surface area contributed by atoms with Gasteiger partial charge in [0.1, 0.15) is 0 Å². The Kier molecular flexibility index (Phi) is 4.15. The fourth-order valence-electron chi connectivity index (χ4n) is 2.72. The number of hydrogen-bond donors (Lipinski definition) is 1. The zero-order chi connectivity index (χ0) is 14.5. The van der Waals surface area contributed by atoms with E-state index >= 15 is 0 Å². The largest absolute Gasteiger partial charge is 0.378 e. The van der Waals surface area contributed by atoms with Crippen molar-refractivity contribution in [3.8, 4) is 0 Å². The zero-order valence-corrected chi connectivity index (χ0v) is 12.3. The Morgan fingerprint density at radius 1 is 1.00 bits per heavy atom. The molecule has 0 fully saturated rings. The van der Waals surface area contributed by atoms with Gasteiger partial charge in [0.15, 0.2) is 0 Å². The number of nitrogens with one attached hydrogen (secondary N) is 1. The van der Waals surface area contributed by atoms with Crippen molar-refractivity contribution in [2.24, 2.45) is 0 Å². The van der Waals surface area contributed by atoms with Crippen molar-refractivity contribution in [2.75, 3.05) is 5.32 Å². The fourth-order valence-corrected chi connectivity index (χ4v) is 2.72. The highest BCUT2D eigenvalue weighted by atomic mass is 14.9. The summed E-state index contributed by atoms with van der Waals surface area (Å²) >= 11 is 0. The number of pyridine rings is 1. The maximum atomic E-state index is 4.26. The highest BCUT2D eigenvalue weighted by molar-refractivity contribution is 5.93. The average molecular weight is 276 g/mol. The van der Waals surface area contributed by atoms with Crippen LogP contribution in [0.1, 0.15) is 31.4 Å². The Labute approximate surface area is 125 Å². The third kappa shape index (κ3) is 3.05. The van der Waals surface area contributed by atoms with E-state index in [4.69, 9.17) is 0 Å². The van der Waals surface area contributed by atoms with Crippen LogP contribution in [0, 0.1) is 0 Å². The van der Waals surface area contributed by atoms with Gasteiger partial charge in [-0.05, 0) is 29.5 Å². The van der Waals surface area contributed by atoms with Crippen molar-refractivity contribution in [1.82, 2.24) is 4.98 Å². The number of aromatic nitrogens is 1. The first kappa shape index (κ1) is 13.6. The molecule has 0 aliphatic heterocycles. The summed E-state index contributed by atoms with van der Waals surface area (Å²) in [6.45, 7) is 2.22. The van der Waals surface area contributed by atoms with Crippen molar-refractivity contribution in [3.63, 3.8) is 0 Å². The summed E-state index contributed by atoms with van der Waals surface area (Å²) in [5, 5.41) is 6.10. The number of benzene rings is 2. The summed E-state index contributed by atoms with van der Waals surface area (Å²) in [4.78, 5) is 4.26. The van der Waals surface area contributed by atoms with Crippen molar-refractivity contribution >= 4 is 16.5 Å². The predicted octanol–water partition coefficient (Wildman–Crippen LogP) is 5.19. The van der Waals surface area contributed by atoms with Crippen LogP contribution in [0.5, 0.6) is 0 Å². The number of rotatable bonds is 5. The first-order valence-electron chi connectivity index (χ1n) is 7.52. The number of nitrogens with zero attached hydrogens (tertiary/aromatic N) is 1. The summed E-state index contributed by atoms with van der Waals surface area (Å²) in [6, 6.07) is 19.4. The molecule has 2 nitrogen and oxygen atoms in total. The van der Waals surface area contributed by atoms with E-state index < -0.39 is 0 Å². The zero-order valence-electron chi connectivity index (χ0n) is 12.3. The van der Waals surface area contributed by atoms with Gasteiger partial charge in [-0.2, -0.15) is 0 Å². The number of hydrogen-bond acceptors (Lipinski definition) is 2. The second kappa shape index (κ2) is 6.40. The van der Waals surface area contributed by atoms with Crippen LogP contribution in [0.2, 0.25) is 0 Å². The third-order valence-electron chi connectivity index (χ3n) is 3.79. The lowest BCUT2D eigenvalue weighted by atomic mass is 10.0. The molecule has 0 bridgehead atoms. The van der Waals surface area contributed by atoms with Gasteiger partial charge in [0.2, 0.25) is 0 Å². The van der Waals surface area contributed by atoms with Gasteiger partial charge in [-0.1, -0.05) is 55.8 Å². The monoisotopic (exact) mass is 276 g/mol. The Bertz CT molecular complexity index is 702. The lowest BCUT2D eigenvalue weighted by molar-refractivity contribution is 0.678. The minimum absolute atomic E-state index is 0.335. The van der Waals surface area contributed by atoms with Crippen LogP contribution in [0.15, 0.2) is 67.0 Å². The Hall–Kier alpha value is -2.35. The molecule has 1 aromatic heterocycles.